The van der Waals surface area contributed by atoms with Crippen LogP contribution in [0.5, 0.6) is 0 Å². The average Bonchev–Trinajstić information content (AvgIpc) is 2.28. The van der Waals surface area contributed by atoms with Crippen LogP contribution in [0.3, 0.4) is 0 Å². The summed E-state index contributed by atoms with van der Waals surface area (Å²) < 4.78 is 5.14. The number of ether oxygens (including phenoxy) is 1. The molecule has 0 aliphatic carbocycles. The lowest BCUT2D eigenvalue weighted by molar-refractivity contribution is 0.0534. The number of nitrogen functional groups attached to an aromatic ring is 1. The minimum absolute atomic E-state index is 0.404. The molecule has 1 amide bonds. The van der Waals surface area contributed by atoms with Gasteiger partial charge in [-0.25, -0.2) is 4.79 Å². The molecule has 0 bridgehead atoms. The van der Waals surface area contributed by atoms with Gasteiger partial charge < -0.3 is 15.8 Å². The zero-order valence-corrected chi connectivity index (χ0v) is 12.9. The predicted octanol–water partition coefficient (Wildman–Crippen LogP) is 3.42. The summed E-state index contributed by atoms with van der Waals surface area (Å²) >= 11 is 0. The molecule has 0 aromatic heterocycles. The molecule has 0 aliphatic heterocycles. The van der Waals surface area contributed by atoms with Gasteiger partial charge in [0.2, 0.25) is 0 Å². The van der Waals surface area contributed by atoms with Crippen LogP contribution in [0.2, 0.25) is 0 Å². The van der Waals surface area contributed by atoms with Crippen molar-refractivity contribution in [3.05, 3.63) is 34.9 Å². The predicted molar refractivity (Wildman–Crippen MR) is 83.6 cm³/mol. The van der Waals surface area contributed by atoms with Crippen LogP contribution >= 0.6 is 0 Å². The summed E-state index contributed by atoms with van der Waals surface area (Å²) in [6.07, 6.45) is 3.34. The van der Waals surface area contributed by atoms with E-state index in [0.717, 1.165) is 22.4 Å². The molecule has 1 aromatic carbocycles. The van der Waals surface area contributed by atoms with Gasteiger partial charge >= 0.3 is 6.09 Å². The molecule has 0 radical (unpaired) electrons. The zero-order chi connectivity index (χ0) is 15.3. The molecule has 0 spiro atoms. The van der Waals surface area contributed by atoms with Gasteiger partial charge in [-0.2, -0.15) is 0 Å². The van der Waals surface area contributed by atoms with Crippen molar-refractivity contribution in [2.75, 3.05) is 12.3 Å². The number of benzene rings is 1. The first-order valence-electron chi connectivity index (χ1n) is 6.69. The number of rotatable bonds is 3. The Hall–Kier alpha value is -1.97. The number of alkyl carbamates (subject to hydrolysis) is 1. The summed E-state index contributed by atoms with van der Waals surface area (Å²) in [7, 11) is 0. The molecule has 4 nitrogen and oxygen atoms in total. The number of carbonyl (C=O) groups is 1. The number of aryl methyl sites for hydroxylation is 2. The van der Waals surface area contributed by atoms with Crippen LogP contribution in [0, 0.1) is 13.8 Å². The fourth-order valence-electron chi connectivity index (χ4n) is 1.79. The van der Waals surface area contributed by atoms with Crippen LogP contribution in [-0.2, 0) is 4.74 Å². The van der Waals surface area contributed by atoms with E-state index in [-0.39, 0.29) is 0 Å². The highest BCUT2D eigenvalue weighted by atomic mass is 16.6. The Morgan fingerprint density at radius 2 is 2.00 bits per heavy atom. The van der Waals surface area contributed by atoms with Crippen LogP contribution in [0.15, 0.2) is 18.2 Å². The van der Waals surface area contributed by atoms with Gasteiger partial charge in [-0.05, 0) is 51.8 Å². The smallest absolute Gasteiger partial charge is 0.407 e. The van der Waals surface area contributed by atoms with E-state index >= 15 is 0 Å². The average molecular weight is 276 g/mol. The van der Waals surface area contributed by atoms with Gasteiger partial charge in [-0.15, -0.1) is 0 Å². The molecule has 0 heterocycles. The second-order valence-electron chi connectivity index (χ2n) is 5.87. The number of amides is 1. The number of carbonyl (C=O) groups excluding carboxylic acids is 1. The first-order chi connectivity index (χ1) is 9.19. The number of nitrogens with one attached hydrogen (secondary N) is 1. The molecule has 0 atom stereocenters. The molecule has 110 valence electrons. The molecule has 4 heteroatoms. The summed E-state index contributed by atoms with van der Waals surface area (Å²) in [4.78, 5) is 11.5. The maximum absolute atomic E-state index is 11.5. The Labute approximate surface area is 121 Å². The summed E-state index contributed by atoms with van der Waals surface area (Å²) in [6.45, 7) is 9.92. The summed E-state index contributed by atoms with van der Waals surface area (Å²) in [5, 5.41) is 2.67. The Morgan fingerprint density at radius 3 is 2.60 bits per heavy atom. The lowest BCUT2D eigenvalue weighted by Crippen LogP contribution is -2.32. The summed E-state index contributed by atoms with van der Waals surface area (Å²) in [5.74, 6) is 0. The minimum atomic E-state index is -0.480. The molecule has 0 fully saturated rings. The minimum Gasteiger partial charge on any atom is -0.444 e. The number of nitrogens with two attached hydrogens (primary N) is 1. The van der Waals surface area contributed by atoms with E-state index in [1.165, 1.54) is 0 Å². The Morgan fingerprint density at radius 1 is 1.35 bits per heavy atom. The van der Waals surface area contributed by atoms with Crippen LogP contribution in [-0.4, -0.2) is 18.2 Å². The third-order valence-corrected chi connectivity index (χ3v) is 2.62. The standard InChI is InChI=1S/C16H24N2O2/c1-11-9-12(2)14(17)13(10-11)7-6-8-18-15(19)20-16(3,4)5/h6-7,9-10H,8,17H2,1-5H3,(H,18,19). The first kappa shape index (κ1) is 16.1. The van der Waals surface area contributed by atoms with Crippen LogP contribution in [0.1, 0.15) is 37.5 Å². The zero-order valence-electron chi connectivity index (χ0n) is 12.9. The molecule has 20 heavy (non-hydrogen) atoms. The van der Waals surface area contributed by atoms with Crippen molar-refractivity contribution >= 4 is 17.9 Å². The summed E-state index contributed by atoms with van der Waals surface area (Å²) in [6, 6.07) is 4.07. The molecule has 0 saturated carbocycles. The van der Waals surface area contributed by atoms with Crippen LogP contribution in [0.25, 0.3) is 6.08 Å². The van der Waals surface area contributed by atoms with E-state index in [2.05, 4.69) is 5.32 Å². The van der Waals surface area contributed by atoms with Crippen molar-refractivity contribution in [1.29, 1.82) is 0 Å². The van der Waals surface area contributed by atoms with Crippen molar-refractivity contribution in [2.24, 2.45) is 0 Å². The van der Waals surface area contributed by atoms with Crippen molar-refractivity contribution in [1.82, 2.24) is 5.32 Å². The topological polar surface area (TPSA) is 64.3 Å². The lowest BCUT2D eigenvalue weighted by Gasteiger charge is -2.19. The fraction of sp³-hybridized carbons (Fsp3) is 0.438. The fourth-order valence-corrected chi connectivity index (χ4v) is 1.79. The number of hydrogen-bond donors (Lipinski definition) is 2. The highest BCUT2D eigenvalue weighted by molar-refractivity contribution is 5.70. The highest BCUT2D eigenvalue weighted by Crippen LogP contribution is 2.20. The molecule has 1 rings (SSSR count). The van der Waals surface area contributed by atoms with Gasteiger partial charge in [-0.3, -0.25) is 0 Å². The highest BCUT2D eigenvalue weighted by Gasteiger charge is 2.14. The summed E-state index contributed by atoms with van der Waals surface area (Å²) in [5.41, 5.74) is 9.49. The second kappa shape index (κ2) is 6.46. The molecular weight excluding hydrogens is 252 g/mol. The SMILES string of the molecule is Cc1cc(C)c(N)c(C=CCNC(=O)OC(C)(C)C)c1. The van der Waals surface area contributed by atoms with Crippen molar-refractivity contribution in [3.63, 3.8) is 0 Å². The Kier molecular flexibility index (Phi) is 5.19. The second-order valence-corrected chi connectivity index (χ2v) is 5.87. The third kappa shape index (κ3) is 5.34. The maximum atomic E-state index is 11.5. The lowest BCUT2D eigenvalue weighted by atomic mass is 10.0. The van der Waals surface area contributed by atoms with Gasteiger partial charge in [-0.1, -0.05) is 23.8 Å². The Bertz CT molecular complexity index is 514. The largest absolute Gasteiger partial charge is 0.444 e. The third-order valence-electron chi connectivity index (χ3n) is 2.62. The molecule has 0 aliphatic rings. The van der Waals surface area contributed by atoms with Crippen molar-refractivity contribution in [3.8, 4) is 0 Å². The first-order valence-corrected chi connectivity index (χ1v) is 6.69. The van der Waals surface area contributed by atoms with Gasteiger partial charge in [0.25, 0.3) is 0 Å². The van der Waals surface area contributed by atoms with Gasteiger partial charge in [0.05, 0.1) is 0 Å². The number of hydrogen-bond acceptors (Lipinski definition) is 3. The van der Waals surface area contributed by atoms with Gasteiger partial charge in [0, 0.05) is 12.2 Å². The molecule has 3 N–H and O–H groups in total. The van der Waals surface area contributed by atoms with E-state index in [4.69, 9.17) is 10.5 Å². The van der Waals surface area contributed by atoms with Crippen molar-refractivity contribution < 1.29 is 9.53 Å². The monoisotopic (exact) mass is 276 g/mol. The van der Waals surface area contributed by atoms with E-state index in [1.807, 2.05) is 58.9 Å². The quantitative estimate of drug-likeness (QED) is 0.831. The van der Waals surface area contributed by atoms with Crippen LogP contribution < -0.4 is 11.1 Å². The normalized spacial score (nSPS) is 11.7. The van der Waals surface area contributed by atoms with Crippen molar-refractivity contribution in [2.45, 2.75) is 40.2 Å². The molecular formula is C16H24N2O2. The Balaban J connectivity index is 2.56. The van der Waals surface area contributed by atoms with E-state index in [1.54, 1.807) is 0 Å². The van der Waals surface area contributed by atoms with Crippen LogP contribution in [0.4, 0.5) is 10.5 Å². The molecule has 0 saturated heterocycles. The van der Waals surface area contributed by atoms with Gasteiger partial charge in [0.1, 0.15) is 5.60 Å². The van der Waals surface area contributed by atoms with E-state index in [0.29, 0.717) is 6.54 Å². The van der Waals surface area contributed by atoms with E-state index < -0.39 is 11.7 Å². The van der Waals surface area contributed by atoms with E-state index in [9.17, 15) is 4.79 Å². The maximum Gasteiger partial charge on any atom is 0.407 e. The molecule has 0 unspecified atom stereocenters. The molecule has 1 aromatic rings. The van der Waals surface area contributed by atoms with Gasteiger partial charge in [0.15, 0.2) is 0 Å². The number of anilines is 1.